The number of para-hydroxylation sites is 1. The Kier molecular flexibility index (Phi) is 4.26. The van der Waals surface area contributed by atoms with Crippen LogP contribution in [0.5, 0.6) is 23.8 Å². The first-order chi connectivity index (χ1) is 9.63. The van der Waals surface area contributed by atoms with Crippen molar-refractivity contribution in [2.75, 3.05) is 14.2 Å². The van der Waals surface area contributed by atoms with E-state index in [1.54, 1.807) is 24.3 Å². The van der Waals surface area contributed by atoms with E-state index in [1.807, 2.05) is 0 Å². The van der Waals surface area contributed by atoms with Gasteiger partial charge < -0.3 is 19.3 Å². The molecule has 2 aromatic rings. The Labute approximate surface area is 120 Å². The summed E-state index contributed by atoms with van der Waals surface area (Å²) in [5, 5.41) is 9.15. The molecule has 1 aromatic heterocycles. The zero-order valence-corrected chi connectivity index (χ0v) is 11.5. The fraction of sp³-hybridized carbons (Fsp3) is 0.167. The highest BCUT2D eigenvalue weighted by Gasteiger charge is 2.13. The van der Waals surface area contributed by atoms with Crippen LogP contribution in [0.15, 0.2) is 24.3 Å². The minimum absolute atomic E-state index is 0.0302. The molecule has 8 heteroatoms. The van der Waals surface area contributed by atoms with Gasteiger partial charge in [-0.25, -0.2) is 0 Å². The van der Waals surface area contributed by atoms with Crippen molar-refractivity contribution in [3.8, 4) is 23.8 Å². The number of hydrogen-bond acceptors (Lipinski definition) is 7. The maximum atomic E-state index is 9.43. The van der Waals surface area contributed by atoms with Crippen LogP contribution in [0.1, 0.15) is 5.56 Å². The van der Waals surface area contributed by atoms with E-state index in [9.17, 15) is 5.11 Å². The lowest BCUT2D eigenvalue weighted by molar-refractivity contribution is 0.320. The predicted molar refractivity (Wildman–Crippen MR) is 73.8 cm³/mol. The summed E-state index contributed by atoms with van der Waals surface area (Å²) in [5.74, 6) is 0.315. The van der Waals surface area contributed by atoms with Gasteiger partial charge >= 0.3 is 18.0 Å². The number of aliphatic hydroxyl groups excluding tert-OH is 1. The molecule has 0 amide bonds. The molecular weight excluding hydrogens is 282 g/mol. The van der Waals surface area contributed by atoms with Crippen molar-refractivity contribution in [1.82, 2.24) is 15.0 Å². The van der Waals surface area contributed by atoms with Gasteiger partial charge in [0, 0.05) is 0 Å². The van der Waals surface area contributed by atoms with Crippen molar-refractivity contribution in [2.45, 2.75) is 0 Å². The van der Waals surface area contributed by atoms with Gasteiger partial charge in [-0.3, -0.25) is 0 Å². The van der Waals surface area contributed by atoms with Gasteiger partial charge in [-0.2, -0.15) is 0 Å². The van der Waals surface area contributed by atoms with E-state index in [2.05, 4.69) is 15.0 Å². The molecule has 2 rings (SSSR count). The van der Waals surface area contributed by atoms with Gasteiger partial charge in [-0.1, -0.05) is 12.1 Å². The Morgan fingerprint density at radius 2 is 1.55 bits per heavy atom. The van der Waals surface area contributed by atoms with Crippen LogP contribution in [0.25, 0.3) is 0 Å². The van der Waals surface area contributed by atoms with Crippen LogP contribution in [0.3, 0.4) is 0 Å². The molecule has 0 atom stereocenters. The molecule has 0 aliphatic heterocycles. The maximum absolute atomic E-state index is 9.43. The summed E-state index contributed by atoms with van der Waals surface area (Å²) in [6, 6.07) is 6.77. The Morgan fingerprint density at radius 1 is 1.00 bits per heavy atom. The Bertz CT molecular complexity index is 614. The Hall–Kier alpha value is -2.48. The molecule has 0 aliphatic carbocycles. The monoisotopic (exact) mass is 293 g/mol. The number of benzene rings is 1. The second-order valence-electron chi connectivity index (χ2n) is 3.49. The average molecular weight is 293 g/mol. The number of methoxy groups -OCH3 is 2. The molecule has 0 spiro atoms. The first-order valence-electron chi connectivity index (χ1n) is 5.48. The molecule has 1 aromatic carbocycles. The van der Waals surface area contributed by atoms with Gasteiger partial charge in [0.1, 0.15) is 5.75 Å². The quantitative estimate of drug-likeness (QED) is 0.837. The molecular formula is C12H11N3O4S. The summed E-state index contributed by atoms with van der Waals surface area (Å²) in [4.78, 5) is 11.7. The van der Waals surface area contributed by atoms with E-state index < -0.39 is 0 Å². The van der Waals surface area contributed by atoms with Gasteiger partial charge in [-0.15, -0.1) is 15.0 Å². The van der Waals surface area contributed by atoms with Crippen LogP contribution >= 0.6 is 12.2 Å². The number of rotatable bonds is 5. The van der Waals surface area contributed by atoms with Crippen molar-refractivity contribution in [2.24, 2.45) is 0 Å². The van der Waals surface area contributed by atoms with Crippen LogP contribution in [-0.2, 0) is 0 Å². The minimum atomic E-state index is -0.284. The molecule has 0 saturated heterocycles. The largest absolute Gasteiger partial charge is 0.498 e. The molecule has 0 radical (unpaired) electrons. The number of ether oxygens (including phenoxy) is 3. The summed E-state index contributed by atoms with van der Waals surface area (Å²) in [6.07, 6.45) is 0. The Balaban J connectivity index is 2.37. The highest BCUT2D eigenvalue weighted by molar-refractivity contribution is 7.80. The molecule has 20 heavy (non-hydrogen) atoms. The van der Waals surface area contributed by atoms with Crippen molar-refractivity contribution in [3.63, 3.8) is 0 Å². The van der Waals surface area contributed by atoms with E-state index in [1.165, 1.54) is 14.2 Å². The normalized spacial score (nSPS) is 9.90. The van der Waals surface area contributed by atoms with Crippen LogP contribution in [0.4, 0.5) is 0 Å². The highest BCUT2D eigenvalue weighted by Crippen LogP contribution is 2.25. The van der Waals surface area contributed by atoms with E-state index in [-0.39, 0.29) is 23.1 Å². The molecule has 0 bridgehead atoms. The third kappa shape index (κ3) is 3.09. The third-order valence-electron chi connectivity index (χ3n) is 2.26. The van der Waals surface area contributed by atoms with E-state index in [0.29, 0.717) is 11.3 Å². The van der Waals surface area contributed by atoms with E-state index in [0.717, 1.165) is 0 Å². The zero-order chi connectivity index (χ0) is 14.5. The lowest BCUT2D eigenvalue weighted by atomic mass is 10.2. The first-order valence-corrected chi connectivity index (χ1v) is 5.89. The highest BCUT2D eigenvalue weighted by atomic mass is 32.1. The predicted octanol–water partition coefficient (Wildman–Crippen LogP) is 1.91. The molecule has 1 heterocycles. The Morgan fingerprint density at radius 3 is 2.10 bits per heavy atom. The topological polar surface area (TPSA) is 86.6 Å². The second-order valence-corrected chi connectivity index (χ2v) is 3.88. The number of hydrogen-bond donors (Lipinski definition) is 1. The second kappa shape index (κ2) is 6.11. The van der Waals surface area contributed by atoms with Gasteiger partial charge in [-0.05, 0) is 24.4 Å². The third-order valence-corrected chi connectivity index (χ3v) is 2.48. The molecule has 0 saturated carbocycles. The van der Waals surface area contributed by atoms with Gasteiger partial charge in [0.2, 0.25) is 0 Å². The summed E-state index contributed by atoms with van der Waals surface area (Å²) in [7, 11) is 2.82. The van der Waals surface area contributed by atoms with E-state index >= 15 is 0 Å². The lowest BCUT2D eigenvalue weighted by Crippen LogP contribution is -2.03. The lowest BCUT2D eigenvalue weighted by Gasteiger charge is -2.09. The molecule has 0 unspecified atom stereocenters. The maximum Gasteiger partial charge on any atom is 0.331 e. The van der Waals surface area contributed by atoms with Gasteiger partial charge in [0.25, 0.3) is 0 Å². The zero-order valence-electron chi connectivity index (χ0n) is 10.7. The summed E-state index contributed by atoms with van der Waals surface area (Å²) in [6.45, 7) is 0. The van der Waals surface area contributed by atoms with Crippen LogP contribution in [-0.4, -0.2) is 39.3 Å². The smallest absolute Gasteiger partial charge is 0.331 e. The molecule has 0 fully saturated rings. The van der Waals surface area contributed by atoms with Crippen molar-refractivity contribution in [3.05, 3.63) is 29.8 Å². The SMILES string of the molecule is COc1nc(OC)nc(Oc2ccccc2C(O)=S)n1. The van der Waals surface area contributed by atoms with Crippen molar-refractivity contribution < 1.29 is 19.3 Å². The number of aromatic nitrogens is 3. The van der Waals surface area contributed by atoms with E-state index in [4.69, 9.17) is 26.4 Å². The number of aliphatic hydroxyl groups is 1. The van der Waals surface area contributed by atoms with Crippen LogP contribution in [0, 0.1) is 0 Å². The summed E-state index contributed by atoms with van der Waals surface area (Å²) in [5.41, 5.74) is 0.362. The van der Waals surface area contributed by atoms with Crippen LogP contribution < -0.4 is 14.2 Å². The van der Waals surface area contributed by atoms with Gasteiger partial charge in [0.05, 0.1) is 19.8 Å². The number of nitrogens with zero attached hydrogens (tertiary/aromatic N) is 3. The molecule has 104 valence electrons. The first kappa shape index (κ1) is 13.9. The van der Waals surface area contributed by atoms with Crippen molar-refractivity contribution >= 4 is 17.3 Å². The fourth-order valence-electron chi connectivity index (χ4n) is 1.38. The van der Waals surface area contributed by atoms with Crippen molar-refractivity contribution in [1.29, 1.82) is 0 Å². The van der Waals surface area contributed by atoms with Gasteiger partial charge in [0.15, 0.2) is 5.05 Å². The van der Waals surface area contributed by atoms with Crippen LogP contribution in [0.2, 0.25) is 0 Å². The minimum Gasteiger partial charge on any atom is -0.498 e. The summed E-state index contributed by atoms with van der Waals surface area (Å²) >= 11 is 4.74. The standard InChI is InChI=1S/C12H11N3O4S/c1-17-10-13-11(18-2)15-12(14-10)19-8-6-4-3-5-7(8)9(16)20/h3-6H,1-2H3,(H,16,20). The summed E-state index contributed by atoms with van der Waals surface area (Å²) < 4.78 is 15.3. The average Bonchev–Trinajstić information content (AvgIpc) is 2.47. The molecule has 7 nitrogen and oxygen atoms in total. The fourth-order valence-corrected chi connectivity index (χ4v) is 1.55. The number of thiocarbonyl (C=S) groups is 1. The molecule has 0 aliphatic rings. The molecule has 1 N–H and O–H groups in total.